The Kier molecular flexibility index (Phi) is 6.74. The first kappa shape index (κ1) is 18.4. The lowest BCUT2D eigenvalue weighted by Gasteiger charge is -2.27. The van der Waals surface area contributed by atoms with E-state index in [0.717, 1.165) is 5.56 Å². The molecule has 0 bridgehead atoms. The molecule has 1 rings (SSSR count). The molecule has 1 amide bonds. The van der Waals surface area contributed by atoms with Gasteiger partial charge in [0.15, 0.2) is 5.11 Å². The van der Waals surface area contributed by atoms with Crippen LogP contribution in [-0.2, 0) is 11.3 Å². The van der Waals surface area contributed by atoms with Crippen molar-refractivity contribution in [1.82, 2.24) is 15.5 Å². The molecule has 6 heteroatoms. The number of halogens is 1. The molecule has 22 heavy (non-hydrogen) atoms. The minimum Gasteiger partial charge on any atom is -0.358 e. The fourth-order valence-electron chi connectivity index (χ4n) is 1.85. The van der Waals surface area contributed by atoms with E-state index >= 15 is 0 Å². The predicted octanol–water partition coefficient (Wildman–Crippen LogP) is 2.44. The van der Waals surface area contributed by atoms with Crippen molar-refractivity contribution in [2.45, 2.75) is 39.8 Å². The highest BCUT2D eigenvalue weighted by atomic mass is 32.1. The molecule has 0 aliphatic carbocycles. The van der Waals surface area contributed by atoms with Crippen molar-refractivity contribution in [3.8, 4) is 0 Å². The van der Waals surface area contributed by atoms with Crippen LogP contribution in [0, 0.1) is 5.82 Å². The zero-order chi connectivity index (χ0) is 16.8. The number of hydrogen-bond acceptors (Lipinski definition) is 2. The number of amides is 1. The van der Waals surface area contributed by atoms with Crippen molar-refractivity contribution in [3.05, 3.63) is 35.6 Å². The second-order valence-electron chi connectivity index (χ2n) is 6.10. The number of hydrogen-bond donors (Lipinski definition) is 2. The van der Waals surface area contributed by atoms with Crippen LogP contribution in [0.5, 0.6) is 0 Å². The smallest absolute Gasteiger partial charge is 0.240 e. The molecule has 0 heterocycles. The highest BCUT2D eigenvalue weighted by Gasteiger charge is 2.17. The highest BCUT2D eigenvalue weighted by Crippen LogP contribution is 2.03. The maximum absolute atomic E-state index is 12.8. The number of nitrogens with zero attached hydrogens (tertiary/aromatic N) is 1. The largest absolute Gasteiger partial charge is 0.358 e. The van der Waals surface area contributed by atoms with Gasteiger partial charge in [0, 0.05) is 18.6 Å². The number of thiocarbonyl (C=S) groups is 1. The molecule has 0 unspecified atom stereocenters. The van der Waals surface area contributed by atoms with Crippen molar-refractivity contribution in [2.75, 3.05) is 13.1 Å². The van der Waals surface area contributed by atoms with Crippen LogP contribution in [0.25, 0.3) is 0 Å². The number of carbonyl (C=O) groups is 1. The van der Waals surface area contributed by atoms with Gasteiger partial charge in [0.25, 0.3) is 0 Å². The fraction of sp³-hybridized carbons (Fsp3) is 0.500. The number of carbonyl (C=O) groups excluding carboxylic acids is 1. The van der Waals surface area contributed by atoms with Crippen LogP contribution in [0.15, 0.2) is 24.3 Å². The molecule has 0 aliphatic rings. The van der Waals surface area contributed by atoms with E-state index in [0.29, 0.717) is 18.2 Å². The van der Waals surface area contributed by atoms with Gasteiger partial charge in [0.1, 0.15) is 5.82 Å². The average Bonchev–Trinajstić information content (AvgIpc) is 2.42. The maximum atomic E-state index is 12.8. The van der Waals surface area contributed by atoms with Crippen LogP contribution in [0.3, 0.4) is 0 Å². The molecular formula is C16H24FN3OS. The van der Waals surface area contributed by atoms with E-state index in [1.165, 1.54) is 12.1 Å². The van der Waals surface area contributed by atoms with E-state index in [9.17, 15) is 9.18 Å². The molecule has 0 aliphatic heterocycles. The third-order valence-electron chi connectivity index (χ3n) is 2.87. The predicted molar refractivity (Wildman–Crippen MR) is 91.0 cm³/mol. The molecule has 1 aromatic rings. The van der Waals surface area contributed by atoms with Gasteiger partial charge in [-0.3, -0.25) is 4.79 Å². The van der Waals surface area contributed by atoms with E-state index in [1.807, 2.05) is 27.7 Å². The van der Waals surface area contributed by atoms with Crippen LogP contribution in [0.1, 0.15) is 33.3 Å². The van der Waals surface area contributed by atoms with Gasteiger partial charge < -0.3 is 15.5 Å². The summed E-state index contributed by atoms with van der Waals surface area (Å²) in [5.41, 5.74) is 0.665. The van der Waals surface area contributed by atoms with Crippen LogP contribution >= 0.6 is 12.2 Å². The lowest BCUT2D eigenvalue weighted by molar-refractivity contribution is -0.122. The van der Waals surface area contributed by atoms with E-state index in [2.05, 4.69) is 10.6 Å². The summed E-state index contributed by atoms with van der Waals surface area (Å²) in [7, 11) is 0. The first-order valence-corrected chi connectivity index (χ1v) is 7.70. The highest BCUT2D eigenvalue weighted by molar-refractivity contribution is 7.80. The van der Waals surface area contributed by atoms with Crippen molar-refractivity contribution < 1.29 is 9.18 Å². The molecule has 0 saturated carbocycles. The second kappa shape index (κ2) is 8.08. The van der Waals surface area contributed by atoms with E-state index < -0.39 is 0 Å². The lowest BCUT2D eigenvalue weighted by Crippen LogP contribution is -2.49. The molecule has 122 valence electrons. The Morgan fingerprint density at radius 2 is 1.86 bits per heavy atom. The normalized spacial score (nSPS) is 11.0. The lowest BCUT2D eigenvalue weighted by atomic mass is 10.1. The van der Waals surface area contributed by atoms with Crippen molar-refractivity contribution in [2.24, 2.45) is 0 Å². The summed E-state index contributed by atoms with van der Waals surface area (Å²) in [6.45, 7) is 9.09. The van der Waals surface area contributed by atoms with Gasteiger partial charge in [-0.2, -0.15) is 0 Å². The summed E-state index contributed by atoms with van der Waals surface area (Å²) in [5.74, 6) is -0.333. The molecule has 0 aromatic heterocycles. The van der Waals surface area contributed by atoms with Gasteiger partial charge in [0.05, 0.1) is 6.54 Å². The first-order valence-electron chi connectivity index (χ1n) is 7.29. The minimum absolute atomic E-state index is 0.0692. The number of benzene rings is 1. The molecule has 0 saturated heterocycles. The molecule has 1 aromatic carbocycles. The van der Waals surface area contributed by atoms with Crippen molar-refractivity contribution in [3.63, 3.8) is 0 Å². The van der Waals surface area contributed by atoms with Crippen LogP contribution < -0.4 is 10.6 Å². The number of likely N-dealkylation sites (N-methyl/N-ethyl adjacent to an activating group) is 1. The van der Waals surface area contributed by atoms with E-state index in [-0.39, 0.29) is 23.8 Å². The zero-order valence-electron chi connectivity index (χ0n) is 13.6. The van der Waals surface area contributed by atoms with Crippen molar-refractivity contribution in [1.29, 1.82) is 0 Å². The topological polar surface area (TPSA) is 44.4 Å². The fourth-order valence-corrected chi connectivity index (χ4v) is 2.12. The molecule has 0 atom stereocenters. The average molecular weight is 325 g/mol. The summed E-state index contributed by atoms with van der Waals surface area (Å²) in [6.07, 6.45) is 0. The summed E-state index contributed by atoms with van der Waals surface area (Å²) in [4.78, 5) is 13.8. The van der Waals surface area contributed by atoms with E-state index in [4.69, 9.17) is 12.2 Å². The molecule has 4 nitrogen and oxygen atoms in total. The Labute approximate surface area is 137 Å². The monoisotopic (exact) mass is 325 g/mol. The molecule has 0 spiro atoms. The molecule has 0 radical (unpaired) electrons. The molecule has 2 N–H and O–H groups in total. The molecule has 0 fully saturated rings. The summed E-state index contributed by atoms with van der Waals surface area (Å²) < 4.78 is 12.8. The number of nitrogens with one attached hydrogen (secondary N) is 2. The van der Waals surface area contributed by atoms with Crippen molar-refractivity contribution >= 4 is 23.2 Å². The second-order valence-corrected chi connectivity index (χ2v) is 6.48. The van der Waals surface area contributed by atoms with Gasteiger partial charge in [-0.25, -0.2) is 4.39 Å². The van der Waals surface area contributed by atoms with Gasteiger partial charge in [-0.05, 0) is 57.6 Å². The van der Waals surface area contributed by atoms with Gasteiger partial charge >= 0.3 is 0 Å². The number of rotatable bonds is 5. The SMILES string of the molecule is CCN(CC(=O)NC(C)(C)C)C(=S)NCc1ccc(F)cc1. The summed E-state index contributed by atoms with van der Waals surface area (Å²) in [5, 5.41) is 6.51. The minimum atomic E-state index is -0.264. The van der Waals surface area contributed by atoms with Gasteiger partial charge in [-0.1, -0.05) is 12.1 Å². The summed E-state index contributed by atoms with van der Waals surface area (Å²) >= 11 is 5.32. The Morgan fingerprint density at radius 1 is 1.27 bits per heavy atom. The molecular weight excluding hydrogens is 301 g/mol. The van der Waals surface area contributed by atoms with Crippen LogP contribution in [0.2, 0.25) is 0 Å². The zero-order valence-corrected chi connectivity index (χ0v) is 14.4. The Balaban J connectivity index is 2.50. The quantitative estimate of drug-likeness (QED) is 0.816. The first-order chi connectivity index (χ1) is 10.2. The van der Waals surface area contributed by atoms with Crippen LogP contribution in [-0.4, -0.2) is 34.5 Å². The standard InChI is InChI=1S/C16H24FN3OS/c1-5-20(11-14(21)19-16(2,3)4)15(22)18-10-12-6-8-13(17)9-7-12/h6-9H,5,10-11H2,1-4H3,(H,18,22)(H,19,21). The summed E-state index contributed by atoms with van der Waals surface area (Å²) in [6, 6.07) is 6.23. The maximum Gasteiger partial charge on any atom is 0.240 e. The van der Waals surface area contributed by atoms with Gasteiger partial charge in [-0.15, -0.1) is 0 Å². The Hall–Kier alpha value is -1.69. The van der Waals surface area contributed by atoms with Crippen LogP contribution in [0.4, 0.5) is 4.39 Å². The van der Waals surface area contributed by atoms with Gasteiger partial charge in [0.2, 0.25) is 5.91 Å². The Morgan fingerprint density at radius 3 is 2.36 bits per heavy atom. The third-order valence-corrected chi connectivity index (χ3v) is 3.28. The Bertz CT molecular complexity index is 511. The van der Waals surface area contributed by atoms with E-state index in [1.54, 1.807) is 17.0 Å². The third kappa shape index (κ3) is 6.85.